The average Bonchev–Trinajstić information content (AvgIpc) is 1.74. The minimum atomic E-state index is -1.54. The van der Waals surface area contributed by atoms with Crippen molar-refractivity contribution in [2.75, 3.05) is 6.54 Å². The SMILES string of the molecule is CC[C@H](C)[C@H](NC(=O)[C@@H](NC(=O)[C@H](Cc1ccccc1)NC(=O)[C@H](Cc1ccccc1)NC(=O)[C@@H](NC(=O)[C@H](CC(C)C)NC(=O)[C@@H](N)Cc1c[nH]c2ccccc12)C(C)C)C(C)C)C(=O)N[C@@H](Cc1ccccc1)C(=O)N[C@@H](Cc1ccc(O)cc1)C(=O)N[C@@H](Cc1ccccc1)C(=O)N[C@@H](Cc1ccccc1)C(=O)N[C@@H](CCCNC(=N)N)C(=O)O. The van der Waals surface area contributed by atoms with Crippen molar-refractivity contribution >= 4 is 87.8 Å². The van der Waals surface area contributed by atoms with Crippen molar-refractivity contribution in [2.24, 2.45) is 35.1 Å². The Labute approximate surface area is 717 Å². The first-order chi connectivity index (χ1) is 58.8. The van der Waals surface area contributed by atoms with Crippen LogP contribution in [0.4, 0.5) is 0 Å². The number of aromatic hydroxyl groups is 1. The normalized spacial score (nSPS) is 14.4. The summed E-state index contributed by atoms with van der Waals surface area (Å²) in [7, 11) is 0. The summed E-state index contributed by atoms with van der Waals surface area (Å²) in [6, 6.07) is 40.7. The number of amides is 11. The van der Waals surface area contributed by atoms with Gasteiger partial charge in [-0.2, -0.15) is 0 Å². The van der Waals surface area contributed by atoms with Crippen LogP contribution >= 0.6 is 0 Å². The summed E-state index contributed by atoms with van der Waals surface area (Å²) in [6.45, 7) is 14.2. The number of carboxylic acid groups (broad SMARTS) is 1. The number of benzene rings is 7. The van der Waals surface area contributed by atoms with Crippen molar-refractivity contribution in [3.05, 3.63) is 245 Å². The van der Waals surface area contributed by atoms with Gasteiger partial charge < -0.3 is 90.5 Å². The summed E-state index contributed by atoms with van der Waals surface area (Å²) in [4.78, 5) is 179. The zero-order valence-electron chi connectivity index (χ0n) is 70.8. The third-order valence-electron chi connectivity index (χ3n) is 21.3. The highest BCUT2D eigenvalue weighted by molar-refractivity contribution is 6.00. The Hall–Kier alpha value is -13.3. The number of aromatic nitrogens is 1. The minimum Gasteiger partial charge on any atom is -0.508 e. The number of aliphatic carboxylic acids is 1. The van der Waals surface area contributed by atoms with Crippen molar-refractivity contribution < 1.29 is 67.7 Å². The van der Waals surface area contributed by atoms with Gasteiger partial charge >= 0.3 is 5.97 Å². The van der Waals surface area contributed by atoms with E-state index in [1.165, 1.54) is 24.3 Å². The largest absolute Gasteiger partial charge is 0.508 e. The van der Waals surface area contributed by atoms with Crippen LogP contribution in [0.5, 0.6) is 5.75 Å². The van der Waals surface area contributed by atoms with E-state index in [9.17, 15) is 39.0 Å². The Kier molecular flexibility index (Phi) is 36.9. The molecule has 20 N–H and O–H groups in total. The molecule has 654 valence electrons. The fraction of sp³-hybridized carbons (Fsp3) is 0.387. The molecule has 11 amide bonds. The van der Waals surface area contributed by atoms with Gasteiger partial charge in [0.25, 0.3) is 0 Å². The number of aromatic amines is 1. The van der Waals surface area contributed by atoms with Gasteiger partial charge in [0, 0.05) is 62.2 Å². The summed E-state index contributed by atoms with van der Waals surface area (Å²) < 4.78 is 0. The van der Waals surface area contributed by atoms with Gasteiger partial charge in [-0.15, -0.1) is 0 Å². The van der Waals surface area contributed by atoms with Gasteiger partial charge in [-0.1, -0.05) is 244 Å². The number of guanidine groups is 1. The number of fused-ring (bicyclic) bond motifs is 1. The lowest BCUT2D eigenvalue weighted by Gasteiger charge is -2.31. The maximum atomic E-state index is 15.4. The number of carboxylic acids is 1. The van der Waals surface area contributed by atoms with Gasteiger partial charge in [0.05, 0.1) is 6.04 Å². The molecule has 0 saturated heterocycles. The standard InChI is InChI=1S/C93H118N16O14/c1-9-58(8)80(91(121)106-76(50-62-34-21-13-22-35-62)86(116)103-74(52-64-41-43-66(110)44-42-64)84(114)102-73(48-60-30-17-11-18-31-60)83(113)101-72(47-59-28-15-10-16-29-59)82(112)99-70(92(122)123)40-27-45-97-93(95)96)109-90(120)79(57(6)7)108-88(118)77(51-63-36-23-14-24-37-63)104-85(115)75(49-61-32-19-12-20-33-61)105-89(119)78(56(4)5)107-87(117)71(46-55(2)3)100-81(111)68(94)53-65-54-98-69-39-26-25-38-67(65)69/h10-26,28-39,41-44,54-58,68,70-80,98,110H,9,27,40,45-53,94H2,1-8H3,(H,99,112)(H,100,111)(H,101,113)(H,102,114)(H,103,116)(H,104,115)(H,105,119)(H,106,121)(H,107,117)(H,108,118)(H,109,120)(H,122,123)(H4,95,96,97)/t58-,68-,70-,71-,72-,73-,74-,75-,76-,77-,78-,79-,80-/m0/s1. The summed E-state index contributed by atoms with van der Waals surface area (Å²) in [5.74, 6) is -12.4. The van der Waals surface area contributed by atoms with Crippen LogP contribution in [0.25, 0.3) is 10.9 Å². The second kappa shape index (κ2) is 47.7. The van der Waals surface area contributed by atoms with E-state index in [1.807, 2.05) is 38.1 Å². The second-order valence-electron chi connectivity index (χ2n) is 32.3. The molecule has 30 heteroatoms. The van der Waals surface area contributed by atoms with E-state index in [1.54, 1.807) is 199 Å². The van der Waals surface area contributed by atoms with E-state index in [0.29, 0.717) is 39.8 Å². The Morgan fingerprint density at radius 2 is 0.683 bits per heavy atom. The van der Waals surface area contributed by atoms with E-state index in [2.05, 4.69) is 68.8 Å². The lowest BCUT2D eigenvalue weighted by molar-refractivity contribution is -0.142. The van der Waals surface area contributed by atoms with Crippen LogP contribution < -0.4 is 75.3 Å². The number of carbonyl (C=O) groups excluding carboxylic acids is 11. The van der Waals surface area contributed by atoms with Crippen LogP contribution in [0.3, 0.4) is 0 Å². The van der Waals surface area contributed by atoms with E-state index < -0.39 is 161 Å². The number of rotatable bonds is 47. The topological polar surface area (TPSA) is 481 Å². The molecule has 30 nitrogen and oxygen atoms in total. The molecular weight excluding hydrogens is 1570 g/mol. The predicted molar refractivity (Wildman–Crippen MR) is 469 cm³/mol. The quantitative estimate of drug-likeness (QED) is 0.0131. The molecule has 123 heavy (non-hydrogen) atoms. The molecule has 0 saturated carbocycles. The molecule has 0 radical (unpaired) electrons. The number of nitrogens with two attached hydrogens (primary N) is 2. The molecule has 1 aromatic heterocycles. The zero-order valence-corrected chi connectivity index (χ0v) is 70.8. The fourth-order valence-corrected chi connectivity index (χ4v) is 14.2. The summed E-state index contributed by atoms with van der Waals surface area (Å²) in [5.41, 5.74) is 17.0. The molecule has 0 fully saturated rings. The summed E-state index contributed by atoms with van der Waals surface area (Å²) in [6.07, 6.45) is 1.71. The minimum absolute atomic E-state index is 0.0713. The molecular formula is C93H118N16O14. The highest BCUT2D eigenvalue weighted by atomic mass is 16.4. The van der Waals surface area contributed by atoms with Crippen molar-refractivity contribution in [3.8, 4) is 5.75 Å². The summed E-state index contributed by atoms with van der Waals surface area (Å²) in [5, 5.41) is 62.5. The van der Waals surface area contributed by atoms with Crippen LogP contribution in [0.15, 0.2) is 206 Å². The van der Waals surface area contributed by atoms with Crippen LogP contribution in [0, 0.1) is 29.1 Å². The van der Waals surface area contributed by atoms with E-state index in [-0.39, 0.29) is 88.4 Å². The second-order valence-corrected chi connectivity index (χ2v) is 32.3. The zero-order chi connectivity index (χ0) is 89.2. The molecule has 7 aromatic carbocycles. The maximum absolute atomic E-state index is 15.4. The number of nitrogens with one attached hydrogen (secondary N) is 14. The van der Waals surface area contributed by atoms with Crippen LogP contribution in [0.1, 0.15) is 120 Å². The first-order valence-electron chi connectivity index (χ1n) is 41.8. The van der Waals surface area contributed by atoms with Crippen molar-refractivity contribution in [1.29, 1.82) is 5.41 Å². The molecule has 0 aliphatic rings. The van der Waals surface area contributed by atoms with E-state index in [4.69, 9.17) is 16.9 Å². The van der Waals surface area contributed by atoms with Crippen molar-refractivity contribution in [1.82, 2.24) is 68.8 Å². The smallest absolute Gasteiger partial charge is 0.326 e. The first-order valence-corrected chi connectivity index (χ1v) is 41.8. The Morgan fingerprint density at radius 1 is 0.374 bits per heavy atom. The van der Waals surface area contributed by atoms with Gasteiger partial charge in [-0.3, -0.25) is 58.1 Å². The number of para-hydroxylation sites is 1. The Morgan fingerprint density at radius 3 is 1.04 bits per heavy atom. The highest BCUT2D eigenvalue weighted by Gasteiger charge is 2.40. The molecule has 0 spiro atoms. The number of H-pyrrole nitrogens is 1. The van der Waals surface area contributed by atoms with Gasteiger partial charge in [0.2, 0.25) is 65.0 Å². The molecule has 0 bridgehead atoms. The third kappa shape index (κ3) is 30.4. The molecule has 8 aromatic rings. The van der Waals surface area contributed by atoms with Gasteiger partial charge in [0.1, 0.15) is 72.2 Å². The monoisotopic (exact) mass is 1680 g/mol. The molecule has 1 heterocycles. The molecule has 0 unspecified atom stereocenters. The molecule has 8 rings (SSSR count). The molecule has 0 aliphatic heterocycles. The number of hydrogen-bond acceptors (Lipinski definition) is 15. The van der Waals surface area contributed by atoms with Gasteiger partial charge in [-0.05, 0) is 106 Å². The van der Waals surface area contributed by atoms with Crippen LogP contribution in [0.2, 0.25) is 0 Å². The highest BCUT2D eigenvalue weighted by Crippen LogP contribution is 2.22. The number of hydrogen-bond donors (Lipinski definition) is 18. The lowest BCUT2D eigenvalue weighted by Crippen LogP contribution is -2.63. The van der Waals surface area contributed by atoms with Gasteiger partial charge in [0.15, 0.2) is 5.96 Å². The van der Waals surface area contributed by atoms with Gasteiger partial charge in [-0.25, -0.2) is 4.79 Å². The third-order valence-corrected chi connectivity index (χ3v) is 21.3. The number of phenolic OH excluding ortho intramolecular Hbond substituents is 1. The number of carbonyl (C=O) groups is 12. The fourth-order valence-electron chi connectivity index (χ4n) is 14.2. The van der Waals surface area contributed by atoms with Crippen LogP contribution in [-0.4, -0.2) is 171 Å². The Balaban J connectivity index is 1.02. The first kappa shape index (κ1) is 95.2. The molecule has 0 aliphatic carbocycles. The predicted octanol–water partition coefficient (Wildman–Crippen LogP) is 5.28. The summed E-state index contributed by atoms with van der Waals surface area (Å²) >= 11 is 0. The Bertz CT molecular complexity index is 4830. The average molecular weight is 1680 g/mol. The van der Waals surface area contributed by atoms with Crippen molar-refractivity contribution in [3.63, 3.8) is 0 Å². The van der Waals surface area contributed by atoms with Crippen LogP contribution in [-0.2, 0) is 102 Å². The maximum Gasteiger partial charge on any atom is 0.326 e. The van der Waals surface area contributed by atoms with E-state index >= 15 is 28.8 Å². The number of phenols is 1. The lowest BCUT2D eigenvalue weighted by atomic mass is 9.95. The molecule has 13 atom stereocenters. The van der Waals surface area contributed by atoms with E-state index in [0.717, 1.165) is 16.5 Å². The van der Waals surface area contributed by atoms with Crippen molar-refractivity contribution in [2.45, 2.75) is 199 Å².